The fourth-order valence-electron chi connectivity index (χ4n) is 2.46. The summed E-state index contributed by atoms with van der Waals surface area (Å²) < 4.78 is 5.35. The first kappa shape index (κ1) is 13.0. The Kier molecular flexibility index (Phi) is 3.39. The molecule has 2 fully saturated rings. The van der Waals surface area contributed by atoms with Crippen LogP contribution in [0.1, 0.15) is 33.6 Å². The van der Waals surface area contributed by atoms with E-state index < -0.39 is 5.60 Å². The Morgan fingerprint density at radius 3 is 2.56 bits per heavy atom. The van der Waals surface area contributed by atoms with Crippen LogP contribution in [0.4, 0.5) is 4.79 Å². The monoisotopic (exact) mass is 252 g/mol. The quantitative estimate of drug-likeness (QED) is 0.430. The predicted octanol–water partition coefficient (Wildman–Crippen LogP) is 2.94. The van der Waals surface area contributed by atoms with Gasteiger partial charge in [0.15, 0.2) is 0 Å². The molecule has 0 spiro atoms. The lowest BCUT2D eigenvalue weighted by atomic mass is 9.99. The van der Waals surface area contributed by atoms with Gasteiger partial charge in [0, 0.05) is 18.0 Å². The molecule has 0 bridgehead atoms. The number of rotatable bonds is 2. The summed E-state index contributed by atoms with van der Waals surface area (Å²) in [4.78, 5) is 16.5. The molecule has 6 heteroatoms. The fourth-order valence-corrected chi connectivity index (χ4v) is 2.46. The minimum atomic E-state index is -0.483. The Balaban J connectivity index is 1.99. The molecule has 1 saturated heterocycles. The maximum absolute atomic E-state index is 12.0. The van der Waals surface area contributed by atoms with Crippen molar-refractivity contribution in [3.63, 3.8) is 0 Å². The first-order chi connectivity index (χ1) is 8.40. The van der Waals surface area contributed by atoms with E-state index in [4.69, 9.17) is 10.3 Å². The van der Waals surface area contributed by atoms with Gasteiger partial charge in [-0.25, -0.2) is 4.79 Å². The van der Waals surface area contributed by atoms with Gasteiger partial charge in [0.2, 0.25) is 0 Å². The number of ether oxygens (including phenoxy) is 1. The SMILES string of the molecule is CC(C)(C)OC(=O)N1C[C@H](N=[N+]=[N-])[C@H](C2CC2)C1. The van der Waals surface area contributed by atoms with E-state index in [1.54, 1.807) is 4.90 Å². The van der Waals surface area contributed by atoms with E-state index in [0.717, 1.165) is 0 Å². The van der Waals surface area contributed by atoms with Gasteiger partial charge < -0.3 is 9.64 Å². The van der Waals surface area contributed by atoms with Gasteiger partial charge in [0.1, 0.15) is 5.60 Å². The lowest BCUT2D eigenvalue weighted by Gasteiger charge is -2.24. The molecule has 100 valence electrons. The van der Waals surface area contributed by atoms with E-state index >= 15 is 0 Å². The average Bonchev–Trinajstić information content (AvgIpc) is 2.98. The molecule has 1 aliphatic carbocycles. The van der Waals surface area contributed by atoms with Crippen molar-refractivity contribution in [2.45, 2.75) is 45.3 Å². The van der Waals surface area contributed by atoms with E-state index in [2.05, 4.69) is 10.0 Å². The van der Waals surface area contributed by atoms with Gasteiger partial charge in [-0.2, -0.15) is 0 Å². The third kappa shape index (κ3) is 3.07. The smallest absolute Gasteiger partial charge is 0.410 e. The standard InChI is InChI=1S/C12H20N4O2/c1-12(2,3)18-11(17)16-6-9(8-4-5-8)10(7-16)14-15-13/h8-10H,4-7H2,1-3H3/t9-,10-/m0/s1. The Morgan fingerprint density at radius 2 is 2.06 bits per heavy atom. The highest BCUT2D eigenvalue weighted by atomic mass is 16.6. The van der Waals surface area contributed by atoms with Crippen molar-refractivity contribution in [3.8, 4) is 0 Å². The van der Waals surface area contributed by atoms with E-state index in [0.29, 0.717) is 24.9 Å². The molecular formula is C12H20N4O2. The van der Waals surface area contributed by atoms with Crippen molar-refractivity contribution in [2.24, 2.45) is 17.0 Å². The molecule has 1 amide bonds. The summed E-state index contributed by atoms with van der Waals surface area (Å²) in [7, 11) is 0. The summed E-state index contributed by atoms with van der Waals surface area (Å²) in [6, 6.07) is -0.0879. The summed E-state index contributed by atoms with van der Waals surface area (Å²) in [5.74, 6) is 0.932. The predicted molar refractivity (Wildman–Crippen MR) is 67.0 cm³/mol. The largest absolute Gasteiger partial charge is 0.444 e. The molecule has 2 aliphatic rings. The summed E-state index contributed by atoms with van der Waals surface area (Å²) in [5.41, 5.74) is 8.10. The molecule has 18 heavy (non-hydrogen) atoms. The Bertz CT molecular complexity index is 380. The second-order valence-corrected chi connectivity index (χ2v) is 6.16. The molecule has 2 rings (SSSR count). The number of hydrogen-bond donors (Lipinski definition) is 0. The molecule has 6 nitrogen and oxygen atoms in total. The Hall–Kier alpha value is -1.42. The Labute approximate surface area is 107 Å². The number of carbonyl (C=O) groups is 1. The first-order valence-corrected chi connectivity index (χ1v) is 6.43. The Morgan fingerprint density at radius 1 is 1.39 bits per heavy atom. The van der Waals surface area contributed by atoms with Gasteiger partial charge >= 0.3 is 6.09 Å². The van der Waals surface area contributed by atoms with Gasteiger partial charge in [-0.3, -0.25) is 0 Å². The average molecular weight is 252 g/mol. The summed E-state index contributed by atoms with van der Waals surface area (Å²) in [5, 5.41) is 3.83. The molecule has 0 aromatic carbocycles. The van der Waals surface area contributed by atoms with Crippen LogP contribution >= 0.6 is 0 Å². The summed E-state index contributed by atoms with van der Waals surface area (Å²) in [6.07, 6.45) is 2.07. The van der Waals surface area contributed by atoms with Crippen LogP contribution in [0.25, 0.3) is 10.4 Å². The molecule has 1 saturated carbocycles. The van der Waals surface area contributed by atoms with Gasteiger partial charge in [0.25, 0.3) is 0 Å². The van der Waals surface area contributed by atoms with Crippen LogP contribution < -0.4 is 0 Å². The molecule has 0 radical (unpaired) electrons. The number of carbonyl (C=O) groups excluding carboxylic acids is 1. The molecular weight excluding hydrogens is 232 g/mol. The normalized spacial score (nSPS) is 27.8. The van der Waals surface area contributed by atoms with Crippen molar-refractivity contribution >= 4 is 6.09 Å². The zero-order valence-corrected chi connectivity index (χ0v) is 11.2. The molecule has 2 atom stereocenters. The third-order valence-electron chi connectivity index (χ3n) is 3.41. The second-order valence-electron chi connectivity index (χ2n) is 6.16. The van der Waals surface area contributed by atoms with E-state index in [1.165, 1.54) is 12.8 Å². The van der Waals surface area contributed by atoms with E-state index in [9.17, 15) is 4.79 Å². The number of azide groups is 1. The van der Waals surface area contributed by atoms with E-state index in [-0.39, 0.29) is 12.1 Å². The van der Waals surface area contributed by atoms with Crippen molar-refractivity contribution in [2.75, 3.05) is 13.1 Å². The molecule has 0 aromatic heterocycles. The second kappa shape index (κ2) is 4.69. The number of nitrogens with zero attached hydrogens (tertiary/aromatic N) is 4. The van der Waals surface area contributed by atoms with Crippen molar-refractivity contribution < 1.29 is 9.53 Å². The van der Waals surface area contributed by atoms with E-state index in [1.807, 2.05) is 20.8 Å². The minimum absolute atomic E-state index is 0.0879. The molecule has 0 N–H and O–H groups in total. The van der Waals surface area contributed by atoms with Crippen LogP contribution in [0.5, 0.6) is 0 Å². The lowest BCUT2D eigenvalue weighted by molar-refractivity contribution is 0.0285. The topological polar surface area (TPSA) is 78.3 Å². The van der Waals surface area contributed by atoms with Gasteiger partial charge in [0.05, 0.1) is 6.04 Å². The van der Waals surface area contributed by atoms with Crippen molar-refractivity contribution in [1.29, 1.82) is 0 Å². The van der Waals surface area contributed by atoms with Crippen LogP contribution in [0.3, 0.4) is 0 Å². The lowest BCUT2D eigenvalue weighted by Crippen LogP contribution is -2.35. The fraction of sp³-hybridized carbons (Fsp3) is 0.917. The number of hydrogen-bond acceptors (Lipinski definition) is 3. The summed E-state index contributed by atoms with van der Waals surface area (Å²) in [6.45, 7) is 6.70. The zero-order valence-electron chi connectivity index (χ0n) is 11.2. The zero-order chi connectivity index (χ0) is 13.3. The first-order valence-electron chi connectivity index (χ1n) is 6.43. The summed E-state index contributed by atoms with van der Waals surface area (Å²) >= 11 is 0. The highest BCUT2D eigenvalue weighted by Gasteiger charge is 2.44. The van der Waals surface area contributed by atoms with Gasteiger partial charge in [-0.1, -0.05) is 5.11 Å². The van der Waals surface area contributed by atoms with Gasteiger partial charge in [-0.15, -0.1) is 0 Å². The van der Waals surface area contributed by atoms with Gasteiger partial charge in [-0.05, 0) is 51.0 Å². The molecule has 0 aromatic rings. The van der Waals surface area contributed by atoms with Crippen LogP contribution in [-0.4, -0.2) is 35.7 Å². The maximum atomic E-state index is 12.0. The van der Waals surface area contributed by atoms with Crippen LogP contribution in [0, 0.1) is 11.8 Å². The van der Waals surface area contributed by atoms with Crippen molar-refractivity contribution in [1.82, 2.24) is 4.90 Å². The van der Waals surface area contributed by atoms with Crippen LogP contribution in [0.2, 0.25) is 0 Å². The van der Waals surface area contributed by atoms with Crippen molar-refractivity contribution in [3.05, 3.63) is 10.4 Å². The number of amides is 1. The van der Waals surface area contributed by atoms with Crippen LogP contribution in [0.15, 0.2) is 5.11 Å². The highest BCUT2D eigenvalue weighted by molar-refractivity contribution is 5.68. The molecule has 1 heterocycles. The third-order valence-corrected chi connectivity index (χ3v) is 3.41. The molecule has 0 unspecified atom stereocenters. The highest BCUT2D eigenvalue weighted by Crippen LogP contribution is 2.42. The van der Waals surface area contributed by atoms with Crippen LogP contribution in [-0.2, 0) is 4.74 Å². The minimum Gasteiger partial charge on any atom is -0.444 e. The number of likely N-dealkylation sites (tertiary alicyclic amines) is 1. The molecule has 1 aliphatic heterocycles. The maximum Gasteiger partial charge on any atom is 0.410 e.